The predicted molar refractivity (Wildman–Crippen MR) is 160 cm³/mol. The van der Waals surface area contributed by atoms with Crippen molar-refractivity contribution >= 4 is 16.0 Å². The number of carbonyl (C=O) groups excluding carboxylic acids is 1. The lowest BCUT2D eigenvalue weighted by atomic mass is 10.0. The Morgan fingerprint density at radius 2 is 1.75 bits per heavy atom. The highest BCUT2D eigenvalue weighted by molar-refractivity contribution is 7.89. The van der Waals surface area contributed by atoms with Crippen molar-refractivity contribution in [2.45, 2.75) is 37.6 Å². The molecule has 2 heterocycles. The molecular formula is C33H29F2N3O5S. The molecule has 0 amide bonds. The predicted octanol–water partition coefficient (Wildman–Crippen LogP) is 6.58. The molecule has 44 heavy (non-hydrogen) atoms. The molecule has 2 aromatic heterocycles. The number of aromatic nitrogens is 2. The van der Waals surface area contributed by atoms with E-state index in [1.54, 1.807) is 13.0 Å². The lowest BCUT2D eigenvalue weighted by Gasteiger charge is -2.16. The first-order valence-corrected chi connectivity index (χ1v) is 15.7. The van der Waals surface area contributed by atoms with E-state index in [9.17, 15) is 22.0 Å². The van der Waals surface area contributed by atoms with E-state index in [0.717, 1.165) is 47.5 Å². The molecule has 8 nitrogen and oxygen atoms in total. The van der Waals surface area contributed by atoms with E-state index in [-0.39, 0.29) is 30.6 Å². The number of ether oxygens (including phenoxy) is 1. The summed E-state index contributed by atoms with van der Waals surface area (Å²) in [7, 11) is -4.23. The Kier molecular flexibility index (Phi) is 7.91. The second kappa shape index (κ2) is 11.8. The van der Waals surface area contributed by atoms with Crippen molar-refractivity contribution in [2.24, 2.45) is 11.1 Å². The van der Waals surface area contributed by atoms with Gasteiger partial charge in [-0.25, -0.2) is 32.1 Å². The van der Waals surface area contributed by atoms with Gasteiger partial charge in [-0.05, 0) is 90.8 Å². The third-order valence-electron chi connectivity index (χ3n) is 7.57. The number of hydrogen-bond acceptors (Lipinski definition) is 6. The number of esters is 1. The molecule has 0 bridgehead atoms. The molecule has 1 saturated carbocycles. The maximum Gasteiger partial charge on any atom is 0.360 e. The van der Waals surface area contributed by atoms with Crippen molar-refractivity contribution in [3.8, 4) is 33.8 Å². The van der Waals surface area contributed by atoms with Gasteiger partial charge in [0, 0.05) is 17.9 Å². The highest BCUT2D eigenvalue weighted by Gasteiger charge is 2.29. The van der Waals surface area contributed by atoms with Gasteiger partial charge in [-0.15, -0.1) is 0 Å². The van der Waals surface area contributed by atoms with Crippen LogP contribution >= 0.6 is 0 Å². The zero-order valence-corrected chi connectivity index (χ0v) is 24.6. The molecule has 1 fully saturated rings. The highest BCUT2D eigenvalue weighted by atomic mass is 32.2. The second-order valence-electron chi connectivity index (χ2n) is 10.8. The fourth-order valence-corrected chi connectivity index (χ4v) is 5.88. The zero-order valence-electron chi connectivity index (χ0n) is 23.8. The first-order chi connectivity index (χ1) is 21.1. The monoisotopic (exact) mass is 617 g/mol. The van der Waals surface area contributed by atoms with E-state index in [2.05, 4.69) is 4.98 Å². The van der Waals surface area contributed by atoms with Crippen molar-refractivity contribution in [1.29, 1.82) is 0 Å². The first-order valence-electron chi connectivity index (χ1n) is 14.1. The Hall–Kier alpha value is -4.61. The van der Waals surface area contributed by atoms with Crippen LogP contribution in [0.25, 0.3) is 33.8 Å². The van der Waals surface area contributed by atoms with Gasteiger partial charge < -0.3 is 13.7 Å². The van der Waals surface area contributed by atoms with Gasteiger partial charge >= 0.3 is 5.97 Å². The van der Waals surface area contributed by atoms with Gasteiger partial charge in [-0.1, -0.05) is 36.4 Å². The summed E-state index contributed by atoms with van der Waals surface area (Å²) in [5.74, 6) is -1.23. The molecule has 0 unspecified atom stereocenters. The Morgan fingerprint density at radius 1 is 1.02 bits per heavy atom. The Labute approximate surface area is 253 Å². The van der Waals surface area contributed by atoms with Gasteiger partial charge in [0.25, 0.3) is 0 Å². The SMILES string of the molecule is CCOC(=O)c1coc(-c2cc(-c3cccc(-c4cccc(F)c4)c3)n(Cc3ccc(S(N)(=O)=O)c(F)c3)c2CC2CC2)n1. The van der Waals surface area contributed by atoms with Gasteiger partial charge in [0.05, 0.1) is 12.2 Å². The molecule has 226 valence electrons. The third kappa shape index (κ3) is 6.20. The lowest BCUT2D eigenvalue weighted by Crippen LogP contribution is -2.14. The van der Waals surface area contributed by atoms with E-state index >= 15 is 0 Å². The van der Waals surface area contributed by atoms with E-state index in [1.165, 1.54) is 24.5 Å². The summed E-state index contributed by atoms with van der Waals surface area (Å²) in [5, 5.41) is 5.18. The van der Waals surface area contributed by atoms with Crippen LogP contribution in [0, 0.1) is 17.6 Å². The van der Waals surface area contributed by atoms with Gasteiger partial charge in [-0.3, -0.25) is 0 Å². The number of hydrogen-bond donors (Lipinski definition) is 1. The standard InChI is InChI=1S/C33H29F2N3O5S/c1-2-42-33(39)28-19-43-32(37-28)26-17-29(24-7-3-5-22(15-24)23-6-4-8-25(34)16-23)38(30(26)14-20-9-10-20)18-21-11-12-31(27(35)13-21)44(36,40)41/h3-8,11-13,15-17,19-20H,2,9-10,14,18H2,1H3,(H2,36,40,41). The summed E-state index contributed by atoms with van der Waals surface area (Å²) in [6.07, 6.45) is 4.03. The van der Waals surface area contributed by atoms with E-state index in [0.29, 0.717) is 29.0 Å². The van der Waals surface area contributed by atoms with Crippen LogP contribution in [0.4, 0.5) is 8.78 Å². The number of nitrogens with zero attached hydrogens (tertiary/aromatic N) is 2. The normalized spacial score (nSPS) is 13.3. The number of sulfonamides is 1. The number of nitrogens with two attached hydrogens (primary N) is 1. The lowest BCUT2D eigenvalue weighted by molar-refractivity contribution is 0.0519. The molecule has 11 heteroatoms. The number of primary sulfonamides is 1. The minimum absolute atomic E-state index is 0.0438. The average Bonchev–Trinajstić information content (AvgIpc) is 3.55. The van der Waals surface area contributed by atoms with Crippen molar-refractivity contribution in [1.82, 2.24) is 9.55 Å². The number of benzene rings is 3. The Balaban J connectivity index is 1.51. The number of halogens is 2. The Morgan fingerprint density at radius 3 is 2.43 bits per heavy atom. The second-order valence-corrected chi connectivity index (χ2v) is 12.3. The van der Waals surface area contributed by atoms with Crippen molar-refractivity contribution in [3.63, 3.8) is 0 Å². The molecule has 0 atom stereocenters. The zero-order chi connectivity index (χ0) is 31.0. The van der Waals surface area contributed by atoms with Crippen molar-refractivity contribution < 1.29 is 31.1 Å². The van der Waals surface area contributed by atoms with Crippen molar-refractivity contribution in [2.75, 3.05) is 6.61 Å². The van der Waals surface area contributed by atoms with E-state index < -0.39 is 26.7 Å². The smallest absolute Gasteiger partial charge is 0.360 e. The minimum Gasteiger partial charge on any atom is -0.461 e. The number of oxazole rings is 1. The van der Waals surface area contributed by atoms with Crippen LogP contribution in [0.5, 0.6) is 0 Å². The average molecular weight is 618 g/mol. The molecule has 0 saturated heterocycles. The molecule has 0 aliphatic heterocycles. The van der Waals surface area contributed by atoms with Crippen LogP contribution in [0.15, 0.2) is 88.4 Å². The van der Waals surface area contributed by atoms with Crippen LogP contribution in [-0.4, -0.2) is 30.5 Å². The summed E-state index contributed by atoms with van der Waals surface area (Å²) in [6, 6.07) is 19.7. The molecule has 2 N–H and O–H groups in total. The summed E-state index contributed by atoms with van der Waals surface area (Å²) in [6.45, 7) is 2.08. The van der Waals surface area contributed by atoms with Crippen LogP contribution < -0.4 is 5.14 Å². The van der Waals surface area contributed by atoms with Crippen LogP contribution in [-0.2, 0) is 27.7 Å². The summed E-state index contributed by atoms with van der Waals surface area (Å²) in [4.78, 5) is 16.2. The molecule has 1 aliphatic carbocycles. The van der Waals surface area contributed by atoms with E-state index in [1.807, 2.05) is 41.0 Å². The molecule has 0 spiro atoms. The molecule has 0 radical (unpaired) electrons. The summed E-state index contributed by atoms with van der Waals surface area (Å²) in [5.41, 5.74) is 5.14. The molecule has 1 aliphatic rings. The maximum atomic E-state index is 14.9. The van der Waals surface area contributed by atoms with Gasteiger partial charge in [0.2, 0.25) is 15.9 Å². The van der Waals surface area contributed by atoms with Crippen LogP contribution in [0.1, 0.15) is 41.5 Å². The molecular weight excluding hydrogens is 588 g/mol. The van der Waals surface area contributed by atoms with Gasteiger partial charge in [-0.2, -0.15) is 0 Å². The number of rotatable bonds is 10. The van der Waals surface area contributed by atoms with Crippen LogP contribution in [0.2, 0.25) is 0 Å². The highest BCUT2D eigenvalue weighted by Crippen LogP contribution is 2.40. The summed E-state index contributed by atoms with van der Waals surface area (Å²) >= 11 is 0. The number of carbonyl (C=O) groups is 1. The fourth-order valence-electron chi connectivity index (χ4n) is 5.29. The largest absolute Gasteiger partial charge is 0.461 e. The quantitative estimate of drug-likeness (QED) is 0.177. The summed E-state index contributed by atoms with van der Waals surface area (Å²) < 4.78 is 65.5. The van der Waals surface area contributed by atoms with Crippen LogP contribution in [0.3, 0.4) is 0 Å². The molecule has 5 aromatic rings. The van der Waals surface area contributed by atoms with E-state index in [4.69, 9.17) is 14.3 Å². The molecule has 6 rings (SSSR count). The van der Waals surface area contributed by atoms with Gasteiger partial charge in [0.15, 0.2) is 5.69 Å². The van der Waals surface area contributed by atoms with Crippen molar-refractivity contribution in [3.05, 3.63) is 108 Å². The molecule has 3 aromatic carbocycles. The topological polar surface area (TPSA) is 117 Å². The Bertz CT molecular complexity index is 1980. The maximum absolute atomic E-state index is 14.9. The first kappa shape index (κ1) is 29.5. The fraction of sp³-hybridized carbons (Fsp3) is 0.212. The van der Waals surface area contributed by atoms with Gasteiger partial charge in [0.1, 0.15) is 22.8 Å². The third-order valence-corrected chi connectivity index (χ3v) is 8.51. The minimum atomic E-state index is -4.23.